The van der Waals surface area contributed by atoms with Crippen LogP contribution in [0.15, 0.2) is 79.0 Å². The summed E-state index contributed by atoms with van der Waals surface area (Å²) in [7, 11) is 5.95. The van der Waals surface area contributed by atoms with E-state index in [1.54, 1.807) is 69.3 Å². The van der Waals surface area contributed by atoms with Gasteiger partial charge in [-0.3, -0.25) is 4.90 Å². The Morgan fingerprint density at radius 1 is 0.980 bits per heavy atom. The van der Waals surface area contributed by atoms with Crippen molar-refractivity contribution < 1.29 is 33.7 Å². The van der Waals surface area contributed by atoms with Crippen LogP contribution in [0.4, 0.5) is 4.79 Å². The summed E-state index contributed by atoms with van der Waals surface area (Å²) in [6, 6.07) is 20.1. The Morgan fingerprint density at radius 2 is 1.65 bits per heavy atom. The van der Waals surface area contributed by atoms with Crippen LogP contribution < -0.4 is 4.74 Å². The zero-order valence-electron chi connectivity index (χ0n) is 28.8. The lowest BCUT2D eigenvalue weighted by Crippen LogP contribution is -2.47. The average molecular weight is 691 g/mol. The molecule has 2 unspecified atom stereocenters. The van der Waals surface area contributed by atoms with E-state index >= 15 is 0 Å². The van der Waals surface area contributed by atoms with Crippen molar-refractivity contribution in [3.63, 3.8) is 0 Å². The zero-order chi connectivity index (χ0) is 35.9. The number of carbonyl (C=O) groups excluding carboxylic acids is 2. The van der Waals surface area contributed by atoms with Crippen LogP contribution in [0.2, 0.25) is 5.02 Å². The van der Waals surface area contributed by atoms with Crippen LogP contribution in [0.1, 0.15) is 44.6 Å². The SMILES string of the molecule is CC(C(=O)OC(C)(C)C)N(Cc1ccc(Cl)cc1Oc1ccc(-c2cnc(CN(C)C)n2C)cc1)C(=O)OC(Cc1ccccc1)C(=O)O. The molecule has 0 radical (unpaired) electrons. The molecular formula is C37H43ClN4O7. The minimum Gasteiger partial charge on any atom is -0.478 e. The molecule has 0 aliphatic heterocycles. The maximum atomic E-state index is 13.7. The molecule has 49 heavy (non-hydrogen) atoms. The van der Waals surface area contributed by atoms with Gasteiger partial charge in [0.15, 0.2) is 0 Å². The number of carboxylic acid groups (broad SMARTS) is 1. The first kappa shape index (κ1) is 37.0. The average Bonchev–Trinajstić information content (AvgIpc) is 3.38. The Hall–Kier alpha value is -4.87. The fraction of sp³-hybridized carbons (Fsp3) is 0.351. The van der Waals surface area contributed by atoms with Crippen LogP contribution in [0, 0.1) is 0 Å². The van der Waals surface area contributed by atoms with Crippen molar-refractivity contribution in [2.45, 2.75) is 65.0 Å². The van der Waals surface area contributed by atoms with Gasteiger partial charge in [-0.1, -0.05) is 48.0 Å². The third kappa shape index (κ3) is 10.3. The largest absolute Gasteiger partial charge is 0.478 e. The number of aliphatic carboxylic acids is 1. The van der Waals surface area contributed by atoms with Crippen molar-refractivity contribution in [2.24, 2.45) is 7.05 Å². The summed E-state index contributed by atoms with van der Waals surface area (Å²) in [5.74, 6) is -0.230. The molecule has 0 aliphatic rings. The topological polar surface area (TPSA) is 123 Å². The maximum Gasteiger partial charge on any atom is 0.411 e. The van der Waals surface area contributed by atoms with Crippen LogP contribution in [-0.4, -0.2) is 74.3 Å². The van der Waals surface area contributed by atoms with E-state index in [2.05, 4.69) is 9.88 Å². The number of hydrogen-bond acceptors (Lipinski definition) is 8. The molecule has 2 atom stereocenters. The first-order valence-corrected chi connectivity index (χ1v) is 16.2. The summed E-state index contributed by atoms with van der Waals surface area (Å²) in [6.07, 6.45) is -0.728. The second-order valence-corrected chi connectivity index (χ2v) is 13.4. The Balaban J connectivity index is 1.61. The van der Waals surface area contributed by atoms with Gasteiger partial charge in [-0.2, -0.15) is 0 Å². The summed E-state index contributed by atoms with van der Waals surface area (Å²) in [5.41, 5.74) is 2.23. The normalized spacial score (nSPS) is 12.7. The Labute approximate surface area is 292 Å². The lowest BCUT2D eigenvalue weighted by atomic mass is 10.1. The van der Waals surface area contributed by atoms with E-state index < -0.39 is 35.8 Å². The number of aromatic nitrogens is 2. The molecule has 11 nitrogen and oxygen atoms in total. The molecule has 0 saturated heterocycles. The number of amides is 1. The van der Waals surface area contributed by atoms with Gasteiger partial charge in [0.05, 0.1) is 25.0 Å². The number of hydrogen-bond donors (Lipinski definition) is 1. The number of ether oxygens (including phenoxy) is 3. The van der Waals surface area contributed by atoms with Gasteiger partial charge in [-0.15, -0.1) is 0 Å². The van der Waals surface area contributed by atoms with Gasteiger partial charge in [0, 0.05) is 29.6 Å². The molecule has 1 amide bonds. The number of imidazole rings is 1. The van der Waals surface area contributed by atoms with Gasteiger partial charge in [-0.05, 0) is 83.8 Å². The van der Waals surface area contributed by atoms with Crippen LogP contribution in [0.25, 0.3) is 11.3 Å². The molecule has 1 heterocycles. The summed E-state index contributed by atoms with van der Waals surface area (Å²) in [5, 5.41) is 10.3. The standard InChI is InChI=1S/C37H43ClN4O7/c1-24(35(45)49-37(2,3)4)42(36(46)48-32(34(43)44)19-25-11-9-8-10-12-25)22-27-13-16-28(38)20-31(27)47-29-17-14-26(15-18-29)30-21-39-33(41(30)7)23-40(5)6/h8-18,20-21,24,32H,19,22-23H2,1-7H3,(H,43,44). The van der Waals surface area contributed by atoms with Gasteiger partial charge >= 0.3 is 18.0 Å². The fourth-order valence-electron chi connectivity index (χ4n) is 4.97. The number of esters is 1. The molecule has 1 N–H and O–H groups in total. The van der Waals surface area contributed by atoms with Crippen LogP contribution in [0.5, 0.6) is 11.5 Å². The first-order chi connectivity index (χ1) is 23.1. The number of nitrogens with zero attached hydrogens (tertiary/aromatic N) is 4. The Morgan fingerprint density at radius 3 is 2.27 bits per heavy atom. The van der Waals surface area contributed by atoms with Gasteiger partial charge in [0.25, 0.3) is 0 Å². The highest BCUT2D eigenvalue weighted by Gasteiger charge is 2.34. The van der Waals surface area contributed by atoms with Crippen LogP contribution in [-0.2, 0) is 45.6 Å². The molecule has 3 aromatic carbocycles. The molecule has 0 saturated carbocycles. The fourth-order valence-corrected chi connectivity index (χ4v) is 5.14. The lowest BCUT2D eigenvalue weighted by Gasteiger charge is -2.31. The van der Waals surface area contributed by atoms with Crippen molar-refractivity contribution in [2.75, 3.05) is 14.1 Å². The van der Waals surface area contributed by atoms with E-state index in [-0.39, 0.29) is 13.0 Å². The second-order valence-electron chi connectivity index (χ2n) is 13.0. The van der Waals surface area contributed by atoms with E-state index in [0.29, 0.717) is 34.2 Å². The molecule has 0 spiro atoms. The maximum absolute atomic E-state index is 13.7. The van der Waals surface area contributed by atoms with Gasteiger partial charge < -0.3 is 28.8 Å². The molecular weight excluding hydrogens is 648 g/mol. The molecule has 0 fully saturated rings. The quantitative estimate of drug-likeness (QED) is 0.148. The number of benzene rings is 3. The van der Waals surface area contributed by atoms with E-state index in [1.807, 2.05) is 56.2 Å². The van der Waals surface area contributed by atoms with Crippen molar-refractivity contribution in [1.29, 1.82) is 0 Å². The highest BCUT2D eigenvalue weighted by molar-refractivity contribution is 6.30. The molecule has 12 heteroatoms. The van der Waals surface area contributed by atoms with E-state index in [4.69, 9.17) is 25.8 Å². The van der Waals surface area contributed by atoms with Gasteiger partial charge in [0.2, 0.25) is 6.10 Å². The van der Waals surface area contributed by atoms with Crippen molar-refractivity contribution in [1.82, 2.24) is 19.4 Å². The molecule has 4 rings (SSSR count). The van der Waals surface area contributed by atoms with Gasteiger partial charge in [-0.25, -0.2) is 19.4 Å². The van der Waals surface area contributed by atoms with Crippen LogP contribution in [0.3, 0.4) is 0 Å². The molecule has 0 bridgehead atoms. The number of carbonyl (C=O) groups is 3. The van der Waals surface area contributed by atoms with E-state index in [1.165, 1.54) is 6.92 Å². The Bertz CT molecular complexity index is 1750. The summed E-state index contributed by atoms with van der Waals surface area (Å²) in [4.78, 5) is 46.8. The number of rotatable bonds is 13. The zero-order valence-corrected chi connectivity index (χ0v) is 29.6. The van der Waals surface area contributed by atoms with E-state index in [0.717, 1.165) is 22.0 Å². The number of carboxylic acids is 1. The lowest BCUT2D eigenvalue weighted by molar-refractivity contribution is -0.160. The van der Waals surface area contributed by atoms with Crippen molar-refractivity contribution in [3.8, 4) is 22.8 Å². The molecule has 0 aliphatic carbocycles. The Kier molecular flexibility index (Phi) is 12.1. The first-order valence-electron chi connectivity index (χ1n) is 15.8. The van der Waals surface area contributed by atoms with Crippen molar-refractivity contribution in [3.05, 3.63) is 101 Å². The predicted molar refractivity (Wildman–Crippen MR) is 186 cm³/mol. The third-order valence-corrected chi connectivity index (χ3v) is 7.76. The molecule has 260 valence electrons. The summed E-state index contributed by atoms with van der Waals surface area (Å²) < 4.78 is 19.4. The molecule has 1 aromatic heterocycles. The second kappa shape index (κ2) is 16.0. The smallest absolute Gasteiger partial charge is 0.411 e. The highest BCUT2D eigenvalue weighted by atomic mass is 35.5. The highest BCUT2D eigenvalue weighted by Crippen LogP contribution is 2.32. The van der Waals surface area contributed by atoms with Crippen LogP contribution >= 0.6 is 11.6 Å². The monoisotopic (exact) mass is 690 g/mol. The molecule has 4 aromatic rings. The predicted octanol–water partition coefficient (Wildman–Crippen LogP) is 6.96. The van der Waals surface area contributed by atoms with E-state index in [9.17, 15) is 19.5 Å². The van der Waals surface area contributed by atoms with Gasteiger partial charge in [0.1, 0.15) is 29.0 Å². The summed E-state index contributed by atoms with van der Waals surface area (Å²) >= 11 is 6.37. The summed E-state index contributed by atoms with van der Waals surface area (Å²) in [6.45, 7) is 7.18. The van der Waals surface area contributed by atoms with Crippen molar-refractivity contribution >= 4 is 29.6 Å². The minimum absolute atomic E-state index is 0.0579. The minimum atomic E-state index is -1.50. The number of halogens is 1. The third-order valence-electron chi connectivity index (χ3n) is 7.52.